The van der Waals surface area contributed by atoms with Gasteiger partial charge in [-0.25, -0.2) is 9.18 Å². The molecule has 0 bridgehead atoms. The number of carbonyl (C=O) groups excluding carboxylic acids is 2. The average molecular weight is 438 g/mol. The molecule has 0 unspecified atom stereocenters. The Morgan fingerprint density at radius 1 is 1.16 bits per heavy atom. The van der Waals surface area contributed by atoms with Crippen LogP contribution in [0.25, 0.3) is 10.9 Å². The van der Waals surface area contributed by atoms with Crippen LogP contribution in [0, 0.1) is 5.82 Å². The standard InChI is InChI=1S/C25H28FN3O3/c1-2-29(24(30)23-14-18-13-19(26)11-12-22(18)28-23)21-10-6-9-20(15-21)27-25(31)32-16-17-7-4-3-5-8-17/h3-5,7-8,11-14,20-21,28H,2,6,9-10,15-16H2,1H3,(H,27,31)/t20-,21+/m1/s1. The number of rotatable bonds is 6. The highest BCUT2D eigenvalue weighted by Gasteiger charge is 2.31. The van der Waals surface area contributed by atoms with Gasteiger partial charge in [-0.05, 0) is 62.4 Å². The van der Waals surface area contributed by atoms with Crippen LogP contribution < -0.4 is 5.32 Å². The Balaban J connectivity index is 1.37. The molecule has 0 radical (unpaired) electrons. The van der Waals surface area contributed by atoms with Crippen molar-refractivity contribution in [2.45, 2.75) is 51.3 Å². The summed E-state index contributed by atoms with van der Waals surface area (Å²) in [5.74, 6) is -0.440. The van der Waals surface area contributed by atoms with Crippen molar-refractivity contribution in [3.05, 3.63) is 71.7 Å². The van der Waals surface area contributed by atoms with Gasteiger partial charge in [0.05, 0.1) is 0 Å². The molecule has 2 N–H and O–H groups in total. The molecule has 0 aliphatic heterocycles. The maximum absolute atomic E-state index is 13.5. The fraction of sp³-hybridized carbons (Fsp3) is 0.360. The number of halogens is 1. The highest BCUT2D eigenvalue weighted by molar-refractivity contribution is 5.98. The Morgan fingerprint density at radius 2 is 1.97 bits per heavy atom. The minimum Gasteiger partial charge on any atom is -0.445 e. The topological polar surface area (TPSA) is 74.4 Å². The van der Waals surface area contributed by atoms with E-state index in [1.165, 1.54) is 12.1 Å². The number of nitrogens with one attached hydrogen (secondary N) is 2. The molecule has 1 heterocycles. The normalized spacial score (nSPS) is 18.3. The second kappa shape index (κ2) is 9.85. The average Bonchev–Trinajstić information content (AvgIpc) is 3.22. The van der Waals surface area contributed by atoms with Crippen molar-refractivity contribution in [2.24, 2.45) is 0 Å². The van der Waals surface area contributed by atoms with Crippen LogP contribution in [0.3, 0.4) is 0 Å². The summed E-state index contributed by atoms with van der Waals surface area (Å²) in [6.07, 6.45) is 2.89. The number of hydrogen-bond donors (Lipinski definition) is 2. The van der Waals surface area contributed by atoms with Gasteiger partial charge >= 0.3 is 6.09 Å². The van der Waals surface area contributed by atoms with Gasteiger partial charge in [-0.1, -0.05) is 30.3 Å². The molecule has 1 aromatic heterocycles. The van der Waals surface area contributed by atoms with Crippen LogP contribution in [0.15, 0.2) is 54.6 Å². The summed E-state index contributed by atoms with van der Waals surface area (Å²) >= 11 is 0. The SMILES string of the molecule is CCN(C(=O)c1cc2cc(F)ccc2[nH]1)[C@H]1CCC[C@@H](NC(=O)OCc2ccccc2)C1. The van der Waals surface area contributed by atoms with Crippen molar-refractivity contribution in [3.63, 3.8) is 0 Å². The molecule has 4 rings (SSSR count). The molecule has 7 heteroatoms. The van der Waals surface area contributed by atoms with E-state index in [2.05, 4.69) is 10.3 Å². The second-order valence-electron chi connectivity index (χ2n) is 8.23. The largest absolute Gasteiger partial charge is 0.445 e. The third-order valence-corrected chi connectivity index (χ3v) is 6.04. The number of hydrogen-bond acceptors (Lipinski definition) is 3. The molecule has 3 aromatic rings. The number of alkyl carbamates (subject to hydrolysis) is 1. The summed E-state index contributed by atoms with van der Waals surface area (Å²) in [6, 6.07) is 15.6. The van der Waals surface area contributed by atoms with Crippen LogP contribution in [0.1, 0.15) is 48.7 Å². The molecular formula is C25H28FN3O3. The van der Waals surface area contributed by atoms with E-state index in [-0.39, 0.29) is 30.4 Å². The van der Waals surface area contributed by atoms with E-state index in [1.54, 1.807) is 12.1 Å². The fourth-order valence-electron chi connectivity index (χ4n) is 4.45. The van der Waals surface area contributed by atoms with E-state index in [1.807, 2.05) is 42.2 Å². The van der Waals surface area contributed by atoms with Crippen molar-refractivity contribution in [1.29, 1.82) is 0 Å². The van der Waals surface area contributed by atoms with E-state index >= 15 is 0 Å². The van der Waals surface area contributed by atoms with E-state index in [4.69, 9.17) is 4.74 Å². The Morgan fingerprint density at radius 3 is 2.75 bits per heavy atom. The van der Waals surface area contributed by atoms with Gasteiger partial charge in [0, 0.05) is 29.5 Å². The first-order valence-electron chi connectivity index (χ1n) is 11.1. The summed E-state index contributed by atoms with van der Waals surface area (Å²) < 4.78 is 18.9. The molecule has 1 aliphatic carbocycles. The summed E-state index contributed by atoms with van der Waals surface area (Å²) in [5.41, 5.74) is 2.12. The van der Waals surface area contributed by atoms with Crippen molar-refractivity contribution >= 4 is 22.9 Å². The van der Waals surface area contributed by atoms with Crippen LogP contribution in [0.5, 0.6) is 0 Å². The van der Waals surface area contributed by atoms with Crippen LogP contribution in [0.4, 0.5) is 9.18 Å². The highest BCUT2D eigenvalue weighted by Crippen LogP contribution is 2.26. The summed E-state index contributed by atoms with van der Waals surface area (Å²) in [5, 5.41) is 3.63. The molecule has 32 heavy (non-hydrogen) atoms. The monoisotopic (exact) mass is 437 g/mol. The first kappa shape index (κ1) is 21.9. The van der Waals surface area contributed by atoms with Gasteiger partial charge in [-0.3, -0.25) is 4.79 Å². The Kier molecular flexibility index (Phi) is 6.73. The number of aromatic amines is 1. The van der Waals surface area contributed by atoms with Gasteiger partial charge in [-0.2, -0.15) is 0 Å². The Bertz CT molecular complexity index is 1080. The smallest absolute Gasteiger partial charge is 0.407 e. The van der Waals surface area contributed by atoms with E-state index in [0.29, 0.717) is 24.0 Å². The minimum atomic E-state index is -0.438. The lowest BCUT2D eigenvalue weighted by Gasteiger charge is -2.37. The molecular weight excluding hydrogens is 409 g/mol. The minimum absolute atomic E-state index is 0.0174. The highest BCUT2D eigenvalue weighted by atomic mass is 19.1. The van der Waals surface area contributed by atoms with E-state index in [9.17, 15) is 14.0 Å². The third kappa shape index (κ3) is 5.10. The molecule has 1 saturated carbocycles. The quantitative estimate of drug-likeness (QED) is 0.569. The lowest BCUT2D eigenvalue weighted by atomic mass is 9.89. The van der Waals surface area contributed by atoms with Crippen molar-refractivity contribution in [2.75, 3.05) is 6.54 Å². The molecule has 0 spiro atoms. The lowest BCUT2D eigenvalue weighted by Crippen LogP contribution is -2.48. The zero-order valence-corrected chi connectivity index (χ0v) is 18.1. The van der Waals surface area contributed by atoms with Crippen LogP contribution in [-0.2, 0) is 11.3 Å². The molecule has 2 amide bonds. The number of nitrogens with zero attached hydrogens (tertiary/aromatic N) is 1. The summed E-state index contributed by atoms with van der Waals surface area (Å²) in [4.78, 5) is 30.4. The molecule has 1 fully saturated rings. The number of ether oxygens (including phenoxy) is 1. The van der Waals surface area contributed by atoms with Gasteiger partial charge in [0.25, 0.3) is 5.91 Å². The van der Waals surface area contributed by atoms with Crippen molar-refractivity contribution in [1.82, 2.24) is 15.2 Å². The fourth-order valence-corrected chi connectivity index (χ4v) is 4.45. The molecule has 0 saturated heterocycles. The lowest BCUT2D eigenvalue weighted by molar-refractivity contribution is 0.0620. The molecule has 168 valence electrons. The molecule has 1 aliphatic rings. The first-order valence-corrected chi connectivity index (χ1v) is 11.1. The van der Waals surface area contributed by atoms with Crippen LogP contribution >= 0.6 is 0 Å². The number of H-pyrrole nitrogens is 1. The molecule has 2 aromatic carbocycles. The number of amides is 2. The zero-order valence-electron chi connectivity index (χ0n) is 18.1. The first-order chi connectivity index (χ1) is 15.5. The Hall–Kier alpha value is -3.35. The molecule has 2 atom stereocenters. The van der Waals surface area contributed by atoms with Gasteiger partial charge in [0.1, 0.15) is 18.1 Å². The predicted molar refractivity (Wildman–Crippen MR) is 121 cm³/mol. The third-order valence-electron chi connectivity index (χ3n) is 6.04. The van der Waals surface area contributed by atoms with Crippen molar-refractivity contribution in [3.8, 4) is 0 Å². The summed E-state index contributed by atoms with van der Waals surface area (Å²) in [6.45, 7) is 2.73. The molecule has 6 nitrogen and oxygen atoms in total. The maximum atomic E-state index is 13.5. The predicted octanol–water partition coefficient (Wildman–Crippen LogP) is 5.01. The van der Waals surface area contributed by atoms with E-state index < -0.39 is 6.09 Å². The van der Waals surface area contributed by atoms with Crippen LogP contribution in [-0.4, -0.2) is 40.5 Å². The van der Waals surface area contributed by atoms with Gasteiger partial charge in [-0.15, -0.1) is 0 Å². The Labute approximate surface area is 186 Å². The van der Waals surface area contributed by atoms with Gasteiger partial charge in [0.2, 0.25) is 0 Å². The number of carbonyl (C=O) groups is 2. The van der Waals surface area contributed by atoms with Gasteiger partial charge < -0.3 is 19.9 Å². The number of fused-ring (bicyclic) bond motifs is 1. The van der Waals surface area contributed by atoms with Crippen LogP contribution in [0.2, 0.25) is 0 Å². The second-order valence-corrected chi connectivity index (χ2v) is 8.23. The van der Waals surface area contributed by atoms with E-state index in [0.717, 1.165) is 30.3 Å². The summed E-state index contributed by atoms with van der Waals surface area (Å²) in [7, 11) is 0. The maximum Gasteiger partial charge on any atom is 0.407 e. The van der Waals surface area contributed by atoms with Gasteiger partial charge in [0.15, 0.2) is 0 Å². The number of aromatic nitrogens is 1. The zero-order chi connectivity index (χ0) is 22.5. The van der Waals surface area contributed by atoms with Crippen molar-refractivity contribution < 1.29 is 18.7 Å². The number of benzene rings is 2.